The second kappa shape index (κ2) is 7.89. The molecule has 0 unspecified atom stereocenters. The number of halogens is 1. The second-order valence-electron chi connectivity index (χ2n) is 3.99. The molecular formula is C13H22BrN. The van der Waals surface area contributed by atoms with Crippen molar-refractivity contribution < 1.29 is 0 Å². The second-order valence-corrected chi connectivity index (χ2v) is 3.99. The molecule has 0 aliphatic heterocycles. The molecular weight excluding hydrogens is 250 g/mol. The maximum atomic E-state index is 3.60. The van der Waals surface area contributed by atoms with Gasteiger partial charge < -0.3 is 5.32 Å². The van der Waals surface area contributed by atoms with Gasteiger partial charge in [-0.3, -0.25) is 0 Å². The summed E-state index contributed by atoms with van der Waals surface area (Å²) in [5.41, 5.74) is 1.37. The molecule has 1 rings (SSSR count). The Morgan fingerprint density at radius 2 is 1.73 bits per heavy atom. The van der Waals surface area contributed by atoms with Crippen molar-refractivity contribution in [1.82, 2.24) is 5.32 Å². The minimum atomic E-state index is 0. The van der Waals surface area contributed by atoms with Gasteiger partial charge in [0.2, 0.25) is 0 Å². The Labute approximate surface area is 104 Å². The first-order valence-corrected chi connectivity index (χ1v) is 5.55. The SMILES string of the molecule is Br.CCC[C@@H](C)N[C@@H](C)c1ccccc1. The molecule has 0 saturated heterocycles. The van der Waals surface area contributed by atoms with Crippen LogP contribution in [0.25, 0.3) is 0 Å². The summed E-state index contributed by atoms with van der Waals surface area (Å²) in [4.78, 5) is 0. The Morgan fingerprint density at radius 1 is 1.13 bits per heavy atom. The van der Waals surface area contributed by atoms with Crippen LogP contribution in [0.2, 0.25) is 0 Å². The van der Waals surface area contributed by atoms with E-state index >= 15 is 0 Å². The molecule has 0 heterocycles. The van der Waals surface area contributed by atoms with Crippen LogP contribution >= 0.6 is 17.0 Å². The van der Waals surface area contributed by atoms with Crippen molar-refractivity contribution in [2.24, 2.45) is 0 Å². The molecule has 0 radical (unpaired) electrons. The topological polar surface area (TPSA) is 12.0 Å². The van der Waals surface area contributed by atoms with Crippen molar-refractivity contribution in [3.8, 4) is 0 Å². The lowest BCUT2D eigenvalue weighted by atomic mass is 10.1. The molecule has 2 heteroatoms. The van der Waals surface area contributed by atoms with Crippen LogP contribution in [0.1, 0.15) is 45.2 Å². The largest absolute Gasteiger partial charge is 0.308 e. The van der Waals surface area contributed by atoms with Crippen molar-refractivity contribution in [2.45, 2.75) is 45.7 Å². The van der Waals surface area contributed by atoms with Crippen molar-refractivity contribution in [3.63, 3.8) is 0 Å². The minimum absolute atomic E-state index is 0. The van der Waals surface area contributed by atoms with E-state index < -0.39 is 0 Å². The quantitative estimate of drug-likeness (QED) is 0.850. The van der Waals surface area contributed by atoms with Crippen LogP contribution in [0, 0.1) is 0 Å². The zero-order chi connectivity index (χ0) is 10.4. The van der Waals surface area contributed by atoms with Crippen molar-refractivity contribution in [3.05, 3.63) is 35.9 Å². The van der Waals surface area contributed by atoms with Crippen molar-refractivity contribution >= 4 is 17.0 Å². The molecule has 86 valence electrons. The van der Waals surface area contributed by atoms with E-state index in [2.05, 4.69) is 56.4 Å². The molecule has 1 N–H and O–H groups in total. The first-order chi connectivity index (χ1) is 6.74. The fraction of sp³-hybridized carbons (Fsp3) is 0.538. The highest BCUT2D eigenvalue weighted by Gasteiger charge is 2.07. The van der Waals surface area contributed by atoms with Crippen LogP contribution in [-0.4, -0.2) is 6.04 Å². The van der Waals surface area contributed by atoms with Crippen LogP contribution in [0.5, 0.6) is 0 Å². The summed E-state index contributed by atoms with van der Waals surface area (Å²) >= 11 is 0. The molecule has 0 fully saturated rings. The highest BCUT2D eigenvalue weighted by atomic mass is 79.9. The molecule has 0 aliphatic rings. The fourth-order valence-electron chi connectivity index (χ4n) is 1.78. The van der Waals surface area contributed by atoms with Gasteiger partial charge in [0.25, 0.3) is 0 Å². The van der Waals surface area contributed by atoms with E-state index in [1.54, 1.807) is 0 Å². The normalized spacial score (nSPS) is 14.1. The summed E-state index contributed by atoms with van der Waals surface area (Å²) in [6, 6.07) is 11.7. The molecule has 15 heavy (non-hydrogen) atoms. The van der Waals surface area contributed by atoms with Gasteiger partial charge in [-0.25, -0.2) is 0 Å². The summed E-state index contributed by atoms with van der Waals surface area (Å²) in [5, 5.41) is 3.60. The molecule has 1 aromatic carbocycles. The van der Waals surface area contributed by atoms with Crippen molar-refractivity contribution in [2.75, 3.05) is 0 Å². The fourth-order valence-corrected chi connectivity index (χ4v) is 1.78. The lowest BCUT2D eigenvalue weighted by Crippen LogP contribution is -2.28. The van der Waals surface area contributed by atoms with Gasteiger partial charge in [-0.1, -0.05) is 43.7 Å². The number of benzene rings is 1. The highest BCUT2D eigenvalue weighted by molar-refractivity contribution is 8.93. The van der Waals surface area contributed by atoms with Crippen LogP contribution in [0.3, 0.4) is 0 Å². The van der Waals surface area contributed by atoms with E-state index in [0.29, 0.717) is 12.1 Å². The third-order valence-corrected chi connectivity index (χ3v) is 2.56. The number of hydrogen-bond acceptors (Lipinski definition) is 1. The molecule has 1 nitrogen and oxygen atoms in total. The first-order valence-electron chi connectivity index (χ1n) is 5.55. The van der Waals surface area contributed by atoms with E-state index in [0.717, 1.165) is 0 Å². The number of rotatable bonds is 5. The van der Waals surface area contributed by atoms with E-state index in [4.69, 9.17) is 0 Å². The molecule has 0 aromatic heterocycles. The average molecular weight is 272 g/mol. The van der Waals surface area contributed by atoms with Gasteiger partial charge in [-0.15, -0.1) is 17.0 Å². The average Bonchev–Trinajstić information content (AvgIpc) is 2.19. The maximum Gasteiger partial charge on any atom is 0.0294 e. The Balaban J connectivity index is 0.00000196. The Hall–Kier alpha value is -0.340. The molecule has 2 atom stereocenters. The predicted molar refractivity (Wildman–Crippen MR) is 72.7 cm³/mol. The van der Waals surface area contributed by atoms with Gasteiger partial charge in [-0.05, 0) is 25.8 Å². The van der Waals surface area contributed by atoms with Crippen LogP contribution in [0.4, 0.5) is 0 Å². The highest BCUT2D eigenvalue weighted by Crippen LogP contribution is 2.12. The molecule has 0 aliphatic carbocycles. The Kier molecular flexibility index (Phi) is 7.71. The van der Waals surface area contributed by atoms with Gasteiger partial charge in [0.05, 0.1) is 0 Å². The molecule has 0 saturated carbocycles. The van der Waals surface area contributed by atoms with Crippen LogP contribution in [0.15, 0.2) is 30.3 Å². The van der Waals surface area contributed by atoms with Gasteiger partial charge in [0, 0.05) is 12.1 Å². The van der Waals surface area contributed by atoms with E-state index in [1.165, 1.54) is 18.4 Å². The molecule has 1 aromatic rings. The summed E-state index contributed by atoms with van der Waals surface area (Å²) < 4.78 is 0. The third kappa shape index (κ3) is 5.33. The maximum absolute atomic E-state index is 3.60. The van der Waals surface area contributed by atoms with Crippen LogP contribution in [-0.2, 0) is 0 Å². The zero-order valence-corrected chi connectivity index (χ0v) is 11.6. The Morgan fingerprint density at radius 3 is 2.27 bits per heavy atom. The molecule has 0 spiro atoms. The lowest BCUT2D eigenvalue weighted by Gasteiger charge is -2.19. The van der Waals surface area contributed by atoms with Gasteiger partial charge in [-0.2, -0.15) is 0 Å². The van der Waals surface area contributed by atoms with Gasteiger partial charge in [0.1, 0.15) is 0 Å². The summed E-state index contributed by atoms with van der Waals surface area (Å²) in [6.07, 6.45) is 2.49. The van der Waals surface area contributed by atoms with Crippen molar-refractivity contribution in [1.29, 1.82) is 0 Å². The smallest absolute Gasteiger partial charge is 0.0294 e. The summed E-state index contributed by atoms with van der Waals surface area (Å²) in [5.74, 6) is 0. The standard InChI is InChI=1S/C13H21N.BrH/c1-4-8-11(2)14-12(3)13-9-6-5-7-10-13;/h5-7,9-12,14H,4,8H2,1-3H3;1H/t11-,12+;/m1./s1. The Bertz CT molecular complexity index is 248. The van der Waals surface area contributed by atoms with E-state index in [-0.39, 0.29) is 17.0 Å². The first kappa shape index (κ1) is 14.7. The molecule has 0 bridgehead atoms. The van der Waals surface area contributed by atoms with E-state index in [1.807, 2.05) is 0 Å². The minimum Gasteiger partial charge on any atom is -0.308 e. The summed E-state index contributed by atoms with van der Waals surface area (Å²) in [6.45, 7) is 6.70. The monoisotopic (exact) mass is 271 g/mol. The van der Waals surface area contributed by atoms with Gasteiger partial charge >= 0.3 is 0 Å². The lowest BCUT2D eigenvalue weighted by molar-refractivity contribution is 0.453. The number of hydrogen-bond donors (Lipinski definition) is 1. The number of nitrogens with one attached hydrogen (secondary N) is 1. The van der Waals surface area contributed by atoms with Crippen LogP contribution < -0.4 is 5.32 Å². The molecule has 0 amide bonds. The predicted octanol–water partition coefficient (Wildman–Crippen LogP) is 4.10. The summed E-state index contributed by atoms with van der Waals surface area (Å²) in [7, 11) is 0. The third-order valence-electron chi connectivity index (χ3n) is 2.56. The van der Waals surface area contributed by atoms with E-state index in [9.17, 15) is 0 Å². The van der Waals surface area contributed by atoms with Gasteiger partial charge in [0.15, 0.2) is 0 Å². The zero-order valence-electron chi connectivity index (χ0n) is 9.86.